The molecule has 0 aromatic heterocycles. The molecule has 0 saturated heterocycles. The number of unbranched alkanes of at least 4 members (excludes halogenated alkanes) is 3. The highest BCUT2D eigenvalue weighted by Gasteiger charge is 2.32. The number of allylic oxidation sites excluding steroid dienone is 1. The van der Waals surface area contributed by atoms with E-state index in [2.05, 4.69) is 19.2 Å². The Morgan fingerprint density at radius 3 is 2.36 bits per heavy atom. The van der Waals surface area contributed by atoms with E-state index in [9.17, 15) is 9.59 Å². The molecule has 0 spiro atoms. The van der Waals surface area contributed by atoms with Crippen LogP contribution in [0.2, 0.25) is 0 Å². The highest BCUT2D eigenvalue weighted by molar-refractivity contribution is 6.34. The molecule has 0 bridgehead atoms. The van der Waals surface area contributed by atoms with Crippen LogP contribution in [0.1, 0.15) is 68.3 Å². The summed E-state index contributed by atoms with van der Waals surface area (Å²) >= 11 is 0. The number of nitrogens with one attached hydrogen (secondary N) is 1. The summed E-state index contributed by atoms with van der Waals surface area (Å²) in [7, 11) is 0. The van der Waals surface area contributed by atoms with Gasteiger partial charge >= 0.3 is 0 Å². The van der Waals surface area contributed by atoms with Crippen molar-refractivity contribution in [1.29, 1.82) is 0 Å². The zero-order chi connectivity index (χ0) is 15.9. The molecule has 1 aromatic carbocycles. The zero-order valence-corrected chi connectivity index (χ0v) is 13.6. The molecule has 0 saturated carbocycles. The van der Waals surface area contributed by atoms with Gasteiger partial charge in [0.25, 0.3) is 5.91 Å². The van der Waals surface area contributed by atoms with Crippen molar-refractivity contribution in [3.05, 3.63) is 41.0 Å². The molecule has 3 nitrogen and oxygen atoms in total. The maximum Gasteiger partial charge on any atom is 0.255 e. The van der Waals surface area contributed by atoms with Crippen LogP contribution in [0.15, 0.2) is 29.8 Å². The molecule has 3 heteroatoms. The van der Waals surface area contributed by atoms with Crippen molar-refractivity contribution in [3.8, 4) is 0 Å². The molecule has 0 fully saturated rings. The average molecular weight is 299 g/mol. The Morgan fingerprint density at radius 2 is 1.68 bits per heavy atom. The van der Waals surface area contributed by atoms with Gasteiger partial charge in [0.15, 0.2) is 5.78 Å². The molecular weight excluding hydrogens is 274 g/mol. The first-order valence-corrected chi connectivity index (χ1v) is 8.36. The number of amides is 1. The van der Waals surface area contributed by atoms with E-state index in [1.165, 1.54) is 0 Å². The molecule has 1 N–H and O–H groups in total. The lowest BCUT2D eigenvalue weighted by atomic mass is 9.99. The van der Waals surface area contributed by atoms with E-state index >= 15 is 0 Å². The molecule has 0 aliphatic heterocycles. The average Bonchev–Trinajstić information content (AvgIpc) is 2.81. The number of benzene rings is 1. The summed E-state index contributed by atoms with van der Waals surface area (Å²) < 4.78 is 0. The summed E-state index contributed by atoms with van der Waals surface area (Å²) in [5.74, 6) is -0.322. The van der Waals surface area contributed by atoms with Crippen LogP contribution in [0.5, 0.6) is 0 Å². The molecule has 0 unspecified atom stereocenters. The number of rotatable bonds is 8. The zero-order valence-electron chi connectivity index (χ0n) is 13.6. The minimum absolute atomic E-state index is 0.115. The fraction of sp³-hybridized carbons (Fsp3) is 0.474. The van der Waals surface area contributed by atoms with Crippen molar-refractivity contribution in [2.75, 3.05) is 6.54 Å². The highest BCUT2D eigenvalue weighted by Crippen LogP contribution is 2.36. The number of Topliss-reactive ketones (excluding diaryl/α,β-unsaturated/α-hetero) is 1. The summed E-state index contributed by atoms with van der Waals surface area (Å²) in [6, 6.07) is 7.58. The van der Waals surface area contributed by atoms with Gasteiger partial charge in [0.05, 0.1) is 5.57 Å². The van der Waals surface area contributed by atoms with Gasteiger partial charge in [-0.1, -0.05) is 57.4 Å². The largest absolute Gasteiger partial charge is 0.352 e. The van der Waals surface area contributed by atoms with Crippen molar-refractivity contribution >= 4 is 17.3 Å². The van der Waals surface area contributed by atoms with Crippen molar-refractivity contribution in [3.63, 3.8) is 0 Å². The Balaban J connectivity index is 2.26. The van der Waals surface area contributed by atoms with Gasteiger partial charge in [-0.15, -0.1) is 0 Å². The van der Waals surface area contributed by atoms with Crippen LogP contribution < -0.4 is 5.32 Å². The van der Waals surface area contributed by atoms with Crippen molar-refractivity contribution in [1.82, 2.24) is 5.32 Å². The van der Waals surface area contributed by atoms with Gasteiger partial charge in [-0.2, -0.15) is 0 Å². The number of hydrogen-bond acceptors (Lipinski definition) is 2. The Morgan fingerprint density at radius 1 is 1.00 bits per heavy atom. The molecule has 1 aliphatic rings. The van der Waals surface area contributed by atoms with Crippen LogP contribution in [-0.2, 0) is 4.79 Å². The van der Waals surface area contributed by atoms with Crippen LogP contribution in [0.3, 0.4) is 0 Å². The topological polar surface area (TPSA) is 46.2 Å². The van der Waals surface area contributed by atoms with E-state index < -0.39 is 0 Å². The second kappa shape index (κ2) is 7.92. The first kappa shape index (κ1) is 16.5. The number of carbonyl (C=O) groups is 2. The molecule has 0 atom stereocenters. The van der Waals surface area contributed by atoms with Crippen LogP contribution >= 0.6 is 0 Å². The van der Waals surface area contributed by atoms with Crippen molar-refractivity contribution in [2.24, 2.45) is 0 Å². The van der Waals surface area contributed by atoms with Gasteiger partial charge in [-0.25, -0.2) is 0 Å². The second-order valence-electron chi connectivity index (χ2n) is 5.79. The third-order valence-electron chi connectivity index (χ3n) is 4.10. The normalized spacial score (nSPS) is 13.5. The Kier molecular flexibility index (Phi) is 5.93. The van der Waals surface area contributed by atoms with Gasteiger partial charge in [0.2, 0.25) is 0 Å². The maximum absolute atomic E-state index is 12.6. The number of fused-ring (bicyclic) bond motifs is 1. The molecule has 2 rings (SSSR count). The first-order valence-electron chi connectivity index (χ1n) is 8.36. The summed E-state index contributed by atoms with van der Waals surface area (Å²) in [5.41, 5.74) is 2.93. The van der Waals surface area contributed by atoms with E-state index in [1.807, 2.05) is 24.3 Å². The lowest BCUT2D eigenvalue weighted by Gasteiger charge is -2.08. The fourth-order valence-electron chi connectivity index (χ4n) is 2.87. The van der Waals surface area contributed by atoms with E-state index in [-0.39, 0.29) is 11.7 Å². The molecule has 0 radical (unpaired) electrons. The van der Waals surface area contributed by atoms with Crippen molar-refractivity contribution in [2.45, 2.75) is 52.4 Å². The lowest BCUT2D eigenvalue weighted by Crippen LogP contribution is -2.28. The summed E-state index contributed by atoms with van der Waals surface area (Å²) in [4.78, 5) is 25.0. The smallest absolute Gasteiger partial charge is 0.255 e. The lowest BCUT2D eigenvalue weighted by molar-refractivity contribution is -0.117. The van der Waals surface area contributed by atoms with E-state index in [1.54, 1.807) is 0 Å². The first-order chi connectivity index (χ1) is 10.7. The molecule has 22 heavy (non-hydrogen) atoms. The molecular formula is C19H25NO2. The molecule has 0 heterocycles. The van der Waals surface area contributed by atoms with Gasteiger partial charge in [0, 0.05) is 12.1 Å². The van der Waals surface area contributed by atoms with E-state index in [0.717, 1.165) is 49.7 Å². The Hall–Kier alpha value is -1.90. The quantitative estimate of drug-likeness (QED) is 0.579. The predicted molar refractivity (Wildman–Crippen MR) is 89.8 cm³/mol. The van der Waals surface area contributed by atoms with Crippen LogP contribution in [0.4, 0.5) is 0 Å². The van der Waals surface area contributed by atoms with Crippen molar-refractivity contribution < 1.29 is 9.59 Å². The number of carbonyl (C=O) groups excluding carboxylic acids is 2. The van der Waals surface area contributed by atoms with Crippen LogP contribution in [0.25, 0.3) is 5.57 Å². The summed E-state index contributed by atoms with van der Waals surface area (Å²) in [5, 5.41) is 2.89. The maximum atomic E-state index is 12.6. The molecule has 118 valence electrons. The van der Waals surface area contributed by atoms with Gasteiger partial charge in [-0.3, -0.25) is 9.59 Å². The Bertz CT molecular complexity index is 587. The standard InChI is InChI=1S/C19H25NO2/c1-3-5-7-11-15-14-10-8-9-12-16(14)18(21)17(15)19(22)20-13-6-4-2/h8-10,12H,3-7,11,13H2,1-2H3,(H,20,22). The highest BCUT2D eigenvalue weighted by atomic mass is 16.2. The third kappa shape index (κ3) is 3.46. The molecule has 1 aliphatic carbocycles. The minimum Gasteiger partial charge on any atom is -0.352 e. The minimum atomic E-state index is -0.207. The van der Waals surface area contributed by atoms with Gasteiger partial charge in [-0.05, 0) is 30.4 Å². The van der Waals surface area contributed by atoms with E-state index in [4.69, 9.17) is 0 Å². The SMILES string of the molecule is CCCCCC1=C(C(=O)NCCCC)C(=O)c2ccccc21. The molecule has 1 aromatic rings. The summed E-state index contributed by atoms with van der Waals surface area (Å²) in [6.07, 6.45) is 6.01. The van der Waals surface area contributed by atoms with Crippen LogP contribution in [0, 0.1) is 0 Å². The number of hydrogen-bond donors (Lipinski definition) is 1. The van der Waals surface area contributed by atoms with E-state index in [0.29, 0.717) is 17.7 Å². The van der Waals surface area contributed by atoms with Gasteiger partial charge in [0.1, 0.15) is 0 Å². The number of ketones is 1. The third-order valence-corrected chi connectivity index (χ3v) is 4.10. The second-order valence-corrected chi connectivity index (χ2v) is 5.79. The summed E-state index contributed by atoms with van der Waals surface area (Å²) in [6.45, 7) is 4.86. The predicted octanol–water partition coefficient (Wildman–Crippen LogP) is 4.13. The van der Waals surface area contributed by atoms with Crippen LogP contribution in [-0.4, -0.2) is 18.2 Å². The monoisotopic (exact) mass is 299 g/mol. The Labute approximate surface area is 132 Å². The fourth-order valence-corrected chi connectivity index (χ4v) is 2.87. The van der Waals surface area contributed by atoms with Gasteiger partial charge < -0.3 is 5.32 Å². The molecule has 1 amide bonds.